The van der Waals surface area contributed by atoms with E-state index in [1.807, 2.05) is 12.1 Å². The molecule has 4 N–H and O–H groups in total. The van der Waals surface area contributed by atoms with Gasteiger partial charge in [0.1, 0.15) is 5.54 Å². The van der Waals surface area contributed by atoms with E-state index in [2.05, 4.69) is 27.1 Å². The molecular formula is C24H28ClN5O2S. The van der Waals surface area contributed by atoms with E-state index >= 15 is 0 Å². The lowest BCUT2D eigenvalue weighted by molar-refractivity contribution is 0.0755. The summed E-state index contributed by atoms with van der Waals surface area (Å²) in [6, 6.07) is 6.79. The van der Waals surface area contributed by atoms with E-state index in [0.29, 0.717) is 28.6 Å². The molecule has 1 aliphatic carbocycles. The van der Waals surface area contributed by atoms with Crippen molar-refractivity contribution in [2.75, 3.05) is 13.1 Å². The van der Waals surface area contributed by atoms with E-state index in [0.717, 1.165) is 60.4 Å². The normalized spacial score (nSPS) is 23.4. The fourth-order valence-electron chi connectivity index (χ4n) is 4.98. The van der Waals surface area contributed by atoms with Crippen molar-refractivity contribution in [2.45, 2.75) is 57.2 Å². The van der Waals surface area contributed by atoms with Gasteiger partial charge in [-0.1, -0.05) is 31.4 Å². The minimum atomic E-state index is -1.17. The highest BCUT2D eigenvalue weighted by atomic mass is 35.5. The quantitative estimate of drug-likeness (QED) is 0.475. The molecule has 2 unspecified atom stereocenters. The molecule has 0 saturated heterocycles. The lowest BCUT2D eigenvalue weighted by atomic mass is 9.74. The Bertz CT molecular complexity index is 1220. The molecular weight excluding hydrogens is 458 g/mol. The number of nitrogens with two attached hydrogens (primary N) is 1. The van der Waals surface area contributed by atoms with Crippen molar-refractivity contribution in [1.82, 2.24) is 20.2 Å². The van der Waals surface area contributed by atoms with Crippen LogP contribution in [0.1, 0.15) is 63.5 Å². The minimum absolute atomic E-state index is 0.183. The Kier molecular flexibility index (Phi) is 6.03. The Labute approximate surface area is 201 Å². The van der Waals surface area contributed by atoms with Crippen LogP contribution in [-0.2, 0) is 13.0 Å². The SMILES string of the molecule is CCN1CCc2nc(C(=O)NC3CCCCC3(N)C(=O)c3cc4cc(Cl)ccc4[nH]3)sc2C1. The van der Waals surface area contributed by atoms with Crippen molar-refractivity contribution in [1.29, 1.82) is 0 Å². The van der Waals surface area contributed by atoms with E-state index < -0.39 is 11.6 Å². The predicted molar refractivity (Wildman–Crippen MR) is 131 cm³/mol. The molecule has 2 atom stereocenters. The number of likely N-dealkylation sites (N-methyl/N-ethyl adjacent to an activating group) is 1. The van der Waals surface area contributed by atoms with Gasteiger partial charge >= 0.3 is 0 Å². The summed E-state index contributed by atoms with van der Waals surface area (Å²) < 4.78 is 0. The maximum atomic E-state index is 13.6. The number of ketones is 1. The Morgan fingerprint density at radius 1 is 1.36 bits per heavy atom. The molecule has 174 valence electrons. The maximum absolute atomic E-state index is 13.6. The van der Waals surface area contributed by atoms with Crippen LogP contribution in [0, 0.1) is 0 Å². The standard InChI is InChI=1S/C24H28ClN5O2S/c1-2-30-10-8-17-19(13-30)33-23(28-17)22(32)29-20-5-3-4-9-24(20,26)21(31)18-12-14-11-15(25)6-7-16(14)27-18/h6-7,11-12,20,27H,2-5,8-10,13,26H2,1H3,(H,29,32). The van der Waals surface area contributed by atoms with Crippen LogP contribution in [0.15, 0.2) is 24.3 Å². The molecule has 9 heteroatoms. The molecule has 1 aromatic carbocycles. The minimum Gasteiger partial charge on any atom is -0.352 e. The number of hydrogen-bond acceptors (Lipinski definition) is 6. The number of thiazole rings is 1. The van der Waals surface area contributed by atoms with Crippen LogP contribution in [0.3, 0.4) is 0 Å². The van der Waals surface area contributed by atoms with E-state index in [1.54, 1.807) is 12.1 Å². The van der Waals surface area contributed by atoms with Crippen LogP contribution < -0.4 is 11.1 Å². The van der Waals surface area contributed by atoms with Gasteiger partial charge in [-0.25, -0.2) is 4.98 Å². The molecule has 1 aliphatic heterocycles. The Morgan fingerprint density at radius 2 is 2.21 bits per heavy atom. The van der Waals surface area contributed by atoms with Gasteiger partial charge in [-0.3, -0.25) is 14.5 Å². The first kappa shape index (κ1) is 22.5. The van der Waals surface area contributed by atoms with Gasteiger partial charge in [0.2, 0.25) is 5.78 Å². The number of fused-ring (bicyclic) bond motifs is 2. The number of halogens is 1. The number of aromatic nitrogens is 2. The second-order valence-corrected chi connectivity index (χ2v) is 10.6. The van der Waals surface area contributed by atoms with Crippen LogP contribution in [0.25, 0.3) is 10.9 Å². The average molecular weight is 486 g/mol. The van der Waals surface area contributed by atoms with Crippen molar-refractivity contribution >= 4 is 45.5 Å². The highest BCUT2D eigenvalue weighted by Crippen LogP contribution is 2.32. The number of hydrogen-bond donors (Lipinski definition) is 3. The number of rotatable bonds is 5. The number of aromatic amines is 1. The summed E-state index contributed by atoms with van der Waals surface area (Å²) in [4.78, 5) is 38.0. The zero-order valence-electron chi connectivity index (χ0n) is 18.6. The topological polar surface area (TPSA) is 104 Å². The fraction of sp³-hybridized carbons (Fsp3) is 0.458. The van der Waals surface area contributed by atoms with E-state index in [9.17, 15) is 9.59 Å². The third-order valence-corrected chi connectivity index (χ3v) is 8.28. The largest absolute Gasteiger partial charge is 0.352 e. The average Bonchev–Trinajstić information content (AvgIpc) is 3.43. The first-order valence-electron chi connectivity index (χ1n) is 11.5. The molecule has 1 fully saturated rings. The molecule has 0 radical (unpaired) electrons. The second kappa shape index (κ2) is 8.83. The lowest BCUT2D eigenvalue weighted by Gasteiger charge is -2.39. The summed E-state index contributed by atoms with van der Waals surface area (Å²) in [6.07, 6.45) is 3.81. The zero-order chi connectivity index (χ0) is 23.2. The van der Waals surface area contributed by atoms with E-state index in [-0.39, 0.29) is 11.7 Å². The summed E-state index contributed by atoms with van der Waals surface area (Å²) in [7, 11) is 0. The van der Waals surface area contributed by atoms with Crippen molar-refractivity contribution in [2.24, 2.45) is 5.73 Å². The third kappa shape index (κ3) is 4.21. The van der Waals surface area contributed by atoms with Crippen molar-refractivity contribution < 1.29 is 9.59 Å². The van der Waals surface area contributed by atoms with Crippen LogP contribution >= 0.6 is 22.9 Å². The highest BCUT2D eigenvalue weighted by molar-refractivity contribution is 7.13. The molecule has 2 aliphatic rings. The van der Waals surface area contributed by atoms with Gasteiger partial charge in [0, 0.05) is 40.3 Å². The van der Waals surface area contributed by atoms with Gasteiger partial charge in [0.05, 0.1) is 17.4 Å². The summed E-state index contributed by atoms with van der Waals surface area (Å²) in [5.74, 6) is -0.424. The number of H-pyrrole nitrogens is 1. The van der Waals surface area contributed by atoms with Crippen LogP contribution in [0.2, 0.25) is 5.02 Å². The molecule has 5 rings (SSSR count). The van der Waals surface area contributed by atoms with Crippen molar-refractivity contribution in [3.63, 3.8) is 0 Å². The summed E-state index contributed by atoms with van der Waals surface area (Å²) >= 11 is 7.55. The van der Waals surface area contributed by atoms with Gasteiger partial charge in [0.15, 0.2) is 5.01 Å². The summed E-state index contributed by atoms with van der Waals surface area (Å²) in [5, 5.41) is 5.00. The van der Waals surface area contributed by atoms with Crippen LogP contribution in [0.5, 0.6) is 0 Å². The predicted octanol–water partition coefficient (Wildman–Crippen LogP) is 3.91. The van der Waals surface area contributed by atoms with E-state index in [1.165, 1.54) is 11.3 Å². The molecule has 2 aromatic heterocycles. The molecule has 7 nitrogen and oxygen atoms in total. The number of benzene rings is 1. The van der Waals surface area contributed by atoms with E-state index in [4.69, 9.17) is 17.3 Å². The number of nitrogens with zero attached hydrogens (tertiary/aromatic N) is 2. The number of Topliss-reactive ketones (excluding diaryl/α,β-unsaturated/α-hetero) is 1. The first-order valence-corrected chi connectivity index (χ1v) is 12.7. The van der Waals surface area contributed by atoms with Gasteiger partial charge in [-0.05, 0) is 43.7 Å². The number of amides is 1. The lowest BCUT2D eigenvalue weighted by Crippen LogP contribution is -2.64. The summed E-state index contributed by atoms with van der Waals surface area (Å²) in [5.41, 5.74) is 7.88. The second-order valence-electron chi connectivity index (χ2n) is 9.06. The molecule has 0 spiro atoms. The number of carbonyl (C=O) groups is 2. The monoisotopic (exact) mass is 485 g/mol. The molecule has 3 heterocycles. The van der Waals surface area contributed by atoms with Gasteiger partial charge < -0.3 is 16.0 Å². The third-order valence-electron chi connectivity index (χ3n) is 6.96. The van der Waals surface area contributed by atoms with Crippen molar-refractivity contribution in [3.05, 3.63) is 50.6 Å². The maximum Gasteiger partial charge on any atom is 0.280 e. The molecule has 1 saturated carbocycles. The fourth-order valence-corrected chi connectivity index (χ4v) is 6.22. The Morgan fingerprint density at radius 3 is 3.03 bits per heavy atom. The van der Waals surface area contributed by atoms with Crippen molar-refractivity contribution in [3.8, 4) is 0 Å². The van der Waals surface area contributed by atoms with Gasteiger partial charge in [-0.15, -0.1) is 11.3 Å². The first-order chi connectivity index (χ1) is 15.9. The van der Waals surface area contributed by atoms with Gasteiger partial charge in [0.25, 0.3) is 5.91 Å². The highest BCUT2D eigenvalue weighted by Gasteiger charge is 2.45. The van der Waals surface area contributed by atoms with Crippen LogP contribution in [0.4, 0.5) is 0 Å². The molecule has 3 aromatic rings. The Hall–Kier alpha value is -2.26. The Balaban J connectivity index is 1.37. The molecule has 1 amide bonds. The van der Waals surface area contributed by atoms with Crippen LogP contribution in [-0.4, -0.2) is 51.2 Å². The smallest absolute Gasteiger partial charge is 0.280 e. The zero-order valence-corrected chi connectivity index (χ0v) is 20.2. The van der Waals surface area contributed by atoms with Gasteiger partial charge in [-0.2, -0.15) is 0 Å². The summed E-state index contributed by atoms with van der Waals surface area (Å²) in [6.45, 7) is 4.93. The molecule has 0 bridgehead atoms. The number of carbonyl (C=O) groups excluding carboxylic acids is 2. The number of nitrogens with one attached hydrogen (secondary N) is 2. The molecule has 33 heavy (non-hydrogen) atoms.